The van der Waals surface area contributed by atoms with E-state index < -0.39 is 172 Å². The molecule has 0 aromatic heterocycles. The molecule has 5 aromatic carbocycles. The van der Waals surface area contributed by atoms with Crippen molar-refractivity contribution in [2.45, 2.75) is 197 Å². The standard InChI is InChI=1S/C71H82N6O25/c1-40-56(61(91-35-48-25-17-11-18-26-48)65(94-43(4)80)70(93-40)96-45(6)82)99-68-55(75-77-73)60(90-34-47-23-15-10-16-24-47)58(53(98-68)39-87-42(3)79)100-71-66(95-44(5)81)62(92-36-49-27-19-12-20-28-49)63(64(102-71)67(83)85-8)101-69-54(74-76-72)59(89-33-46-21-13-9-14-22-46)57(52(97-69)38-86-41(2)78)88-37-50-29-31-51(84-7)32-30-50/h9-32,40,52-66,68-71H,33-39H2,1-8H3/t40?,52?,53?,54?,55?,56-,57+,58-,59+,60-,61-,62+,63+,64?,65?,66?,68-,69-,70-,71-/m1/s1. The Hall–Kier alpha value is -9.14. The molecule has 0 aliphatic carbocycles. The normalized spacial score (nSPS) is 29.1. The lowest BCUT2D eigenvalue weighted by Crippen LogP contribution is -2.69. The van der Waals surface area contributed by atoms with Gasteiger partial charge in [0, 0.05) is 44.4 Å². The SMILES string of the molecule is COC(=O)C1O[C@@H](O[C@@H]2C(COC(C)=O)O[C@H](O[C@@H]3C(C)O[C@H](OC(C)=O)C(OC(C)=O)[C@@H]3OCc3ccccc3)C(N=[N+]=[N-])[C@H]2OCc2ccccc2)C(OC(C)=O)[C@@H](OCc2ccccc2)[C@@H]1O[C@H]1OC(COC(C)=O)[C@H](OCc2ccc(OC)cc2)[C@@H](OCc2ccccc2)C1N=[N+]=[N-]. The van der Waals surface area contributed by atoms with E-state index in [9.17, 15) is 39.8 Å². The Morgan fingerprint density at radius 1 is 0.392 bits per heavy atom. The molecule has 4 aliphatic heterocycles. The number of azide groups is 2. The summed E-state index contributed by atoms with van der Waals surface area (Å²) < 4.78 is 120. The van der Waals surface area contributed by atoms with Gasteiger partial charge in [-0.1, -0.05) is 144 Å². The van der Waals surface area contributed by atoms with E-state index in [-0.39, 0.29) is 33.0 Å². The number of nitrogens with zero attached hydrogens (tertiary/aromatic N) is 6. The fraction of sp³-hybridized carbons (Fsp3) is 0.493. The second-order valence-electron chi connectivity index (χ2n) is 24.0. The molecule has 102 heavy (non-hydrogen) atoms. The summed E-state index contributed by atoms with van der Waals surface area (Å²) >= 11 is 0. The fourth-order valence-corrected chi connectivity index (χ4v) is 12.0. The second kappa shape index (κ2) is 38.2. The van der Waals surface area contributed by atoms with Crippen molar-refractivity contribution in [2.24, 2.45) is 10.2 Å². The van der Waals surface area contributed by atoms with E-state index in [0.717, 1.165) is 34.8 Å². The zero-order valence-electron chi connectivity index (χ0n) is 57.2. The van der Waals surface area contributed by atoms with Crippen LogP contribution >= 0.6 is 0 Å². The second-order valence-corrected chi connectivity index (χ2v) is 24.0. The molecule has 4 fully saturated rings. The molecular weight excluding hydrogens is 1340 g/mol. The van der Waals surface area contributed by atoms with Crippen LogP contribution in [-0.2, 0) is 147 Å². The Bertz CT molecular complexity index is 3620. The first kappa shape index (κ1) is 77.0. The average molecular weight is 1420 g/mol. The molecule has 8 unspecified atom stereocenters. The van der Waals surface area contributed by atoms with Gasteiger partial charge in [-0.05, 0) is 57.9 Å². The van der Waals surface area contributed by atoms with Crippen molar-refractivity contribution in [3.05, 3.63) is 194 Å². The van der Waals surface area contributed by atoms with Crippen LogP contribution in [0.25, 0.3) is 20.9 Å². The summed E-state index contributed by atoms with van der Waals surface area (Å²) in [5, 5.41) is 8.40. The van der Waals surface area contributed by atoms with Crippen LogP contribution in [0.3, 0.4) is 0 Å². The quantitative estimate of drug-likeness (QED) is 0.0129. The lowest BCUT2D eigenvalue weighted by molar-refractivity contribution is -0.376. The van der Waals surface area contributed by atoms with Crippen LogP contribution in [0.15, 0.2) is 156 Å². The Morgan fingerprint density at radius 2 is 0.765 bits per heavy atom. The summed E-state index contributed by atoms with van der Waals surface area (Å²) in [6, 6.07) is 39.3. The van der Waals surface area contributed by atoms with E-state index >= 15 is 0 Å². The Balaban J connectivity index is 1.14. The van der Waals surface area contributed by atoms with Crippen LogP contribution in [0.1, 0.15) is 69.4 Å². The van der Waals surface area contributed by atoms with E-state index in [1.54, 1.807) is 146 Å². The molecule has 546 valence electrons. The van der Waals surface area contributed by atoms with Crippen molar-refractivity contribution in [2.75, 3.05) is 27.4 Å². The zero-order valence-corrected chi connectivity index (χ0v) is 57.2. The highest BCUT2D eigenvalue weighted by molar-refractivity contribution is 5.76. The van der Waals surface area contributed by atoms with Crippen LogP contribution in [0.4, 0.5) is 0 Å². The number of benzene rings is 5. The van der Waals surface area contributed by atoms with E-state index in [1.165, 1.54) is 14.0 Å². The number of carbonyl (C=O) groups is 6. The molecule has 0 amide bonds. The van der Waals surface area contributed by atoms with Crippen LogP contribution in [0, 0.1) is 0 Å². The van der Waals surface area contributed by atoms with E-state index in [4.69, 9.17) is 90.0 Å². The molecule has 0 N–H and O–H groups in total. The van der Waals surface area contributed by atoms with E-state index in [2.05, 4.69) is 20.1 Å². The van der Waals surface area contributed by atoms with E-state index in [1.807, 2.05) is 6.07 Å². The molecule has 4 saturated heterocycles. The summed E-state index contributed by atoms with van der Waals surface area (Å²) in [7, 11) is 2.59. The third-order valence-corrected chi connectivity index (χ3v) is 16.7. The fourth-order valence-electron chi connectivity index (χ4n) is 12.0. The Morgan fingerprint density at radius 3 is 1.18 bits per heavy atom. The minimum absolute atomic E-state index is 0.0734. The molecular formula is C71H82N6O25. The Labute approximate surface area is 587 Å². The maximum absolute atomic E-state index is 14.8. The molecule has 0 saturated carbocycles. The number of hydrogen-bond acceptors (Lipinski definition) is 27. The maximum Gasteiger partial charge on any atom is 0.337 e. The van der Waals surface area contributed by atoms with Gasteiger partial charge >= 0.3 is 35.8 Å². The lowest BCUT2D eigenvalue weighted by Gasteiger charge is -2.51. The smallest absolute Gasteiger partial charge is 0.337 e. The maximum atomic E-state index is 14.8. The molecule has 4 heterocycles. The largest absolute Gasteiger partial charge is 0.497 e. The molecule has 4 aliphatic rings. The summed E-state index contributed by atoms with van der Waals surface area (Å²) in [4.78, 5) is 86.3. The van der Waals surface area contributed by atoms with Gasteiger partial charge in [-0.15, -0.1) is 0 Å². The minimum atomic E-state index is -2.00. The van der Waals surface area contributed by atoms with Gasteiger partial charge in [0.05, 0.1) is 53.4 Å². The monoisotopic (exact) mass is 1420 g/mol. The van der Waals surface area contributed by atoms with Gasteiger partial charge in [0.1, 0.15) is 92.1 Å². The van der Waals surface area contributed by atoms with Crippen LogP contribution in [0.5, 0.6) is 5.75 Å². The van der Waals surface area contributed by atoms with Gasteiger partial charge < -0.3 is 90.0 Å². The highest BCUT2D eigenvalue weighted by Gasteiger charge is 2.60. The zero-order chi connectivity index (χ0) is 72.7. The average Bonchev–Trinajstić information content (AvgIpc) is 0.763. The Kier molecular flexibility index (Phi) is 28.9. The number of rotatable bonds is 32. The highest BCUT2D eigenvalue weighted by atomic mass is 16.8. The topological polar surface area (TPSA) is 375 Å². The first-order valence-corrected chi connectivity index (χ1v) is 32.7. The number of esters is 6. The number of ether oxygens (including phenoxy) is 19. The van der Waals surface area contributed by atoms with Gasteiger partial charge in [-0.3, -0.25) is 24.0 Å². The summed E-state index contributed by atoms with van der Waals surface area (Å²) in [5.41, 5.74) is 24.3. The number of hydrogen-bond donors (Lipinski definition) is 0. The lowest BCUT2D eigenvalue weighted by atomic mass is 9.93. The predicted octanol–water partition coefficient (Wildman–Crippen LogP) is 8.08. The summed E-state index contributed by atoms with van der Waals surface area (Å²) in [6.07, 6.45) is -28.3. The van der Waals surface area contributed by atoms with Gasteiger partial charge in [-0.2, -0.15) is 0 Å². The summed E-state index contributed by atoms with van der Waals surface area (Å²) in [6.45, 7) is 5.31. The molecule has 31 nitrogen and oxygen atoms in total. The van der Waals surface area contributed by atoms with Crippen LogP contribution in [0.2, 0.25) is 0 Å². The molecule has 31 heteroatoms. The third-order valence-electron chi connectivity index (χ3n) is 16.7. The van der Waals surface area contributed by atoms with Crippen LogP contribution < -0.4 is 4.74 Å². The van der Waals surface area contributed by atoms with Crippen molar-refractivity contribution in [1.82, 2.24) is 0 Å². The molecule has 5 aromatic rings. The predicted molar refractivity (Wildman–Crippen MR) is 351 cm³/mol. The van der Waals surface area contributed by atoms with Gasteiger partial charge in [0.15, 0.2) is 37.2 Å². The van der Waals surface area contributed by atoms with Gasteiger partial charge in [0.25, 0.3) is 0 Å². The van der Waals surface area contributed by atoms with Crippen molar-refractivity contribution >= 4 is 35.8 Å². The minimum Gasteiger partial charge on any atom is -0.497 e. The number of carbonyl (C=O) groups excluding carboxylic acids is 6. The molecule has 0 spiro atoms. The van der Waals surface area contributed by atoms with Gasteiger partial charge in [0.2, 0.25) is 6.29 Å². The first-order valence-electron chi connectivity index (χ1n) is 32.7. The van der Waals surface area contributed by atoms with E-state index in [0.29, 0.717) is 33.6 Å². The van der Waals surface area contributed by atoms with Crippen molar-refractivity contribution in [1.29, 1.82) is 0 Å². The highest BCUT2D eigenvalue weighted by Crippen LogP contribution is 2.41. The first-order chi connectivity index (χ1) is 49.3. The molecule has 0 radical (unpaired) electrons. The molecule has 20 atom stereocenters. The van der Waals surface area contributed by atoms with Crippen molar-refractivity contribution in [3.63, 3.8) is 0 Å². The van der Waals surface area contributed by atoms with Crippen molar-refractivity contribution < 1.29 is 119 Å². The van der Waals surface area contributed by atoms with Crippen LogP contribution in [-0.4, -0.2) is 186 Å². The van der Waals surface area contributed by atoms with Gasteiger partial charge in [-0.25, -0.2) is 4.79 Å². The third kappa shape index (κ3) is 21.2. The molecule has 0 bridgehead atoms. The summed E-state index contributed by atoms with van der Waals surface area (Å²) in [5.74, 6) is -4.57. The van der Waals surface area contributed by atoms with Crippen molar-refractivity contribution in [3.8, 4) is 5.75 Å². The number of methoxy groups -OCH3 is 2. The molecule has 9 rings (SSSR count).